The van der Waals surface area contributed by atoms with Crippen molar-refractivity contribution in [3.05, 3.63) is 24.3 Å². The number of nitrogens with one attached hydrogen (secondary N) is 1. The topological polar surface area (TPSA) is 21.3 Å². The minimum atomic E-state index is 0.647. The molecule has 0 aliphatic rings. The van der Waals surface area contributed by atoms with Gasteiger partial charge in [-0.15, -0.1) is 6.58 Å². The molecule has 0 saturated carbocycles. The molecule has 0 aromatic carbocycles. The first-order chi connectivity index (χ1) is 5.66. The maximum absolute atomic E-state index is 5.36. The molecule has 0 aromatic heterocycles. The lowest BCUT2D eigenvalue weighted by molar-refractivity contribution is 0.158. The summed E-state index contributed by atoms with van der Waals surface area (Å²) in [5.41, 5.74) is 2.24. The van der Waals surface area contributed by atoms with Gasteiger partial charge in [-0.1, -0.05) is 12.2 Å². The van der Waals surface area contributed by atoms with Crippen LogP contribution in [-0.2, 0) is 4.74 Å². The molecular formula is C10H19NO. The fourth-order valence-electron chi connectivity index (χ4n) is 0.764. The molecule has 0 unspecified atom stereocenters. The van der Waals surface area contributed by atoms with E-state index in [1.54, 1.807) is 0 Å². The molecule has 0 fully saturated rings. The normalized spacial score (nSPS) is 9.83. The van der Waals surface area contributed by atoms with Crippen molar-refractivity contribution >= 4 is 0 Å². The van der Waals surface area contributed by atoms with E-state index in [9.17, 15) is 0 Å². The summed E-state index contributed by atoms with van der Waals surface area (Å²) in [6.07, 6.45) is 0.937. The van der Waals surface area contributed by atoms with Crippen LogP contribution in [0.5, 0.6) is 0 Å². The van der Waals surface area contributed by atoms with Gasteiger partial charge in [0.2, 0.25) is 0 Å². The van der Waals surface area contributed by atoms with Crippen LogP contribution in [0.25, 0.3) is 0 Å². The molecule has 1 N–H and O–H groups in total. The highest BCUT2D eigenvalue weighted by Crippen LogP contribution is 1.97. The third-order valence-corrected chi connectivity index (χ3v) is 1.41. The van der Waals surface area contributed by atoms with Crippen LogP contribution in [0, 0.1) is 0 Å². The van der Waals surface area contributed by atoms with Crippen LogP contribution < -0.4 is 5.32 Å². The maximum atomic E-state index is 5.36. The van der Waals surface area contributed by atoms with E-state index < -0.39 is 0 Å². The minimum absolute atomic E-state index is 0.647. The summed E-state index contributed by atoms with van der Waals surface area (Å²) < 4.78 is 5.36. The highest BCUT2D eigenvalue weighted by atomic mass is 16.5. The molecule has 2 heteroatoms. The third-order valence-electron chi connectivity index (χ3n) is 1.41. The van der Waals surface area contributed by atoms with E-state index in [1.165, 1.54) is 0 Å². The van der Waals surface area contributed by atoms with Gasteiger partial charge in [-0.05, 0) is 26.0 Å². The fourth-order valence-corrected chi connectivity index (χ4v) is 0.764. The number of hydrogen-bond acceptors (Lipinski definition) is 2. The van der Waals surface area contributed by atoms with Crippen LogP contribution in [0.2, 0.25) is 0 Å². The summed E-state index contributed by atoms with van der Waals surface area (Å²) in [5.74, 6) is 0. The Labute approximate surface area is 75.3 Å². The molecule has 0 amide bonds. The number of rotatable bonds is 7. The van der Waals surface area contributed by atoms with Crippen LogP contribution in [0.15, 0.2) is 24.3 Å². The standard InChI is InChI=1S/C10H19NO/c1-9(2)5-6-12-8-10(3)7-11-4/h11H,1,3,5-8H2,2,4H3. The fraction of sp³-hybridized carbons (Fsp3) is 0.600. The van der Waals surface area contributed by atoms with E-state index in [-0.39, 0.29) is 0 Å². The summed E-state index contributed by atoms with van der Waals surface area (Å²) in [6.45, 7) is 11.9. The quantitative estimate of drug-likeness (QED) is 0.463. The Morgan fingerprint density at radius 2 is 2.08 bits per heavy atom. The lowest BCUT2D eigenvalue weighted by Crippen LogP contribution is -2.13. The predicted molar refractivity (Wildman–Crippen MR) is 53.3 cm³/mol. The zero-order valence-electron chi connectivity index (χ0n) is 8.15. The van der Waals surface area contributed by atoms with E-state index in [0.29, 0.717) is 6.61 Å². The van der Waals surface area contributed by atoms with E-state index >= 15 is 0 Å². The second kappa shape index (κ2) is 7.07. The zero-order chi connectivity index (χ0) is 9.40. The second-order valence-corrected chi connectivity index (χ2v) is 3.04. The number of ether oxygens (including phenoxy) is 1. The Balaban J connectivity index is 3.19. The molecule has 70 valence electrons. The highest BCUT2D eigenvalue weighted by Gasteiger charge is 1.92. The van der Waals surface area contributed by atoms with Gasteiger partial charge in [-0.3, -0.25) is 0 Å². The van der Waals surface area contributed by atoms with Crippen molar-refractivity contribution in [1.29, 1.82) is 0 Å². The van der Waals surface area contributed by atoms with Crippen molar-refractivity contribution in [2.75, 3.05) is 26.8 Å². The summed E-state index contributed by atoms with van der Waals surface area (Å²) in [4.78, 5) is 0. The largest absolute Gasteiger partial charge is 0.377 e. The highest BCUT2D eigenvalue weighted by molar-refractivity contribution is 4.96. The molecule has 0 heterocycles. The molecule has 0 aliphatic heterocycles. The van der Waals surface area contributed by atoms with Gasteiger partial charge < -0.3 is 10.1 Å². The molecule has 0 aliphatic carbocycles. The van der Waals surface area contributed by atoms with E-state index in [0.717, 1.165) is 30.7 Å². The van der Waals surface area contributed by atoms with Crippen molar-refractivity contribution in [2.24, 2.45) is 0 Å². The first-order valence-corrected chi connectivity index (χ1v) is 4.20. The van der Waals surface area contributed by atoms with Gasteiger partial charge in [0.15, 0.2) is 0 Å². The zero-order valence-corrected chi connectivity index (χ0v) is 8.15. The van der Waals surface area contributed by atoms with Crippen LogP contribution in [0.4, 0.5) is 0 Å². The first-order valence-electron chi connectivity index (χ1n) is 4.20. The summed E-state index contributed by atoms with van der Waals surface area (Å²) in [5, 5.41) is 3.02. The lowest BCUT2D eigenvalue weighted by Gasteiger charge is -2.06. The Morgan fingerprint density at radius 1 is 1.42 bits per heavy atom. The Bertz CT molecular complexity index is 152. The van der Waals surface area contributed by atoms with Crippen molar-refractivity contribution < 1.29 is 4.74 Å². The van der Waals surface area contributed by atoms with Crippen molar-refractivity contribution in [3.8, 4) is 0 Å². The lowest BCUT2D eigenvalue weighted by atomic mass is 10.2. The molecule has 0 saturated heterocycles. The van der Waals surface area contributed by atoms with Gasteiger partial charge >= 0.3 is 0 Å². The van der Waals surface area contributed by atoms with Gasteiger partial charge in [-0.25, -0.2) is 0 Å². The smallest absolute Gasteiger partial charge is 0.0686 e. The van der Waals surface area contributed by atoms with Gasteiger partial charge in [0.1, 0.15) is 0 Å². The molecule has 0 spiro atoms. The Hall–Kier alpha value is -0.600. The molecule has 0 aromatic rings. The number of hydrogen-bond donors (Lipinski definition) is 1. The third kappa shape index (κ3) is 7.51. The van der Waals surface area contributed by atoms with Crippen molar-refractivity contribution in [2.45, 2.75) is 13.3 Å². The summed E-state index contributed by atoms with van der Waals surface area (Å²) in [6, 6.07) is 0. The van der Waals surface area contributed by atoms with Crippen LogP contribution in [0.1, 0.15) is 13.3 Å². The Kier molecular flexibility index (Phi) is 6.72. The average Bonchev–Trinajstić information content (AvgIpc) is 1.98. The van der Waals surface area contributed by atoms with E-state index in [4.69, 9.17) is 4.74 Å². The van der Waals surface area contributed by atoms with E-state index in [1.807, 2.05) is 14.0 Å². The molecule has 0 rings (SSSR count). The number of likely N-dealkylation sites (N-methyl/N-ethyl adjacent to an activating group) is 1. The average molecular weight is 169 g/mol. The van der Waals surface area contributed by atoms with Gasteiger partial charge in [0, 0.05) is 6.54 Å². The van der Waals surface area contributed by atoms with Crippen molar-refractivity contribution in [1.82, 2.24) is 5.32 Å². The van der Waals surface area contributed by atoms with Crippen LogP contribution >= 0.6 is 0 Å². The van der Waals surface area contributed by atoms with Crippen LogP contribution in [-0.4, -0.2) is 26.8 Å². The maximum Gasteiger partial charge on any atom is 0.0686 e. The van der Waals surface area contributed by atoms with Gasteiger partial charge in [0.25, 0.3) is 0 Å². The molecular weight excluding hydrogens is 150 g/mol. The SMILES string of the molecule is C=C(C)CCOCC(=C)CNC. The van der Waals surface area contributed by atoms with Crippen molar-refractivity contribution in [3.63, 3.8) is 0 Å². The van der Waals surface area contributed by atoms with Gasteiger partial charge in [-0.2, -0.15) is 0 Å². The molecule has 2 nitrogen and oxygen atoms in total. The monoisotopic (exact) mass is 169 g/mol. The molecule has 0 bridgehead atoms. The summed E-state index contributed by atoms with van der Waals surface area (Å²) >= 11 is 0. The Morgan fingerprint density at radius 3 is 2.58 bits per heavy atom. The predicted octanol–water partition coefficient (Wildman–Crippen LogP) is 1.74. The first kappa shape index (κ1) is 11.4. The van der Waals surface area contributed by atoms with Crippen LogP contribution in [0.3, 0.4) is 0 Å². The van der Waals surface area contributed by atoms with Gasteiger partial charge in [0.05, 0.1) is 13.2 Å². The summed E-state index contributed by atoms with van der Waals surface area (Å²) in [7, 11) is 1.90. The molecule has 0 radical (unpaired) electrons. The second-order valence-electron chi connectivity index (χ2n) is 3.04. The van der Waals surface area contributed by atoms with E-state index in [2.05, 4.69) is 18.5 Å². The molecule has 12 heavy (non-hydrogen) atoms. The minimum Gasteiger partial charge on any atom is -0.377 e. The molecule has 0 atom stereocenters.